The minimum atomic E-state index is -0.874. The van der Waals surface area contributed by atoms with Crippen LogP contribution in [0.2, 0.25) is 0 Å². The van der Waals surface area contributed by atoms with E-state index in [9.17, 15) is 18.7 Å². The summed E-state index contributed by atoms with van der Waals surface area (Å²) in [6.45, 7) is 0.421. The smallest absolute Gasteiger partial charge is 0.230 e. The van der Waals surface area contributed by atoms with Crippen LogP contribution in [0.3, 0.4) is 0 Å². The average molecular weight is 309 g/mol. The van der Waals surface area contributed by atoms with Crippen LogP contribution < -0.4 is 5.32 Å². The summed E-state index contributed by atoms with van der Waals surface area (Å²) in [7, 11) is 0. The summed E-state index contributed by atoms with van der Waals surface area (Å²) >= 11 is 0. The maximum Gasteiger partial charge on any atom is 0.230 e. The van der Waals surface area contributed by atoms with Crippen LogP contribution in [-0.4, -0.2) is 23.7 Å². The van der Waals surface area contributed by atoms with E-state index in [1.54, 1.807) is 0 Å². The second kappa shape index (κ2) is 5.95. The van der Waals surface area contributed by atoms with Gasteiger partial charge in [0.25, 0.3) is 0 Å². The van der Waals surface area contributed by atoms with Crippen molar-refractivity contribution in [1.29, 1.82) is 0 Å². The highest BCUT2D eigenvalue weighted by Crippen LogP contribution is 2.45. The first kappa shape index (κ1) is 15.4. The van der Waals surface area contributed by atoms with Crippen LogP contribution in [0.5, 0.6) is 0 Å². The topological polar surface area (TPSA) is 49.3 Å². The lowest BCUT2D eigenvalue weighted by atomic mass is 9.63. The second-order valence-electron chi connectivity index (χ2n) is 6.53. The maximum absolute atomic E-state index is 14.1. The van der Waals surface area contributed by atoms with Crippen molar-refractivity contribution in [2.24, 2.45) is 5.92 Å². The molecule has 1 aromatic carbocycles. The van der Waals surface area contributed by atoms with Crippen molar-refractivity contribution in [2.75, 3.05) is 6.54 Å². The van der Waals surface area contributed by atoms with Gasteiger partial charge in [-0.25, -0.2) is 8.78 Å². The van der Waals surface area contributed by atoms with E-state index in [1.165, 1.54) is 12.1 Å². The molecule has 0 aromatic heterocycles. The van der Waals surface area contributed by atoms with E-state index in [1.807, 2.05) is 0 Å². The van der Waals surface area contributed by atoms with Crippen LogP contribution in [0, 0.1) is 17.6 Å². The molecule has 0 unspecified atom stereocenters. The Kier molecular flexibility index (Phi) is 4.17. The van der Waals surface area contributed by atoms with Crippen LogP contribution in [0.1, 0.15) is 44.1 Å². The quantitative estimate of drug-likeness (QED) is 0.898. The SMILES string of the molecule is O=C(NC[C@@H]1CCC[C@H]1O)C1(c2ccc(F)cc2F)CCC1. The van der Waals surface area contributed by atoms with Crippen LogP contribution in [-0.2, 0) is 10.2 Å². The van der Waals surface area contributed by atoms with Crippen LogP contribution in [0.25, 0.3) is 0 Å². The summed E-state index contributed by atoms with van der Waals surface area (Å²) in [5.74, 6) is -1.41. The molecule has 0 saturated heterocycles. The summed E-state index contributed by atoms with van der Waals surface area (Å²) in [4.78, 5) is 12.6. The zero-order valence-corrected chi connectivity index (χ0v) is 12.4. The molecular formula is C17H21F2NO2. The lowest BCUT2D eigenvalue weighted by molar-refractivity contribution is -0.130. The molecule has 1 amide bonds. The van der Waals surface area contributed by atoms with Crippen molar-refractivity contribution >= 4 is 5.91 Å². The summed E-state index contributed by atoms with van der Waals surface area (Å²) in [6.07, 6.45) is 4.30. The average Bonchev–Trinajstić information content (AvgIpc) is 2.83. The molecule has 5 heteroatoms. The molecule has 2 atom stereocenters. The highest BCUT2D eigenvalue weighted by atomic mass is 19.1. The summed E-state index contributed by atoms with van der Waals surface area (Å²) in [5, 5.41) is 12.7. The molecule has 2 fully saturated rings. The molecule has 2 aliphatic carbocycles. The predicted molar refractivity (Wildman–Crippen MR) is 78.2 cm³/mol. The Bertz CT molecular complexity index is 572. The molecule has 1 aromatic rings. The predicted octanol–water partition coefficient (Wildman–Crippen LogP) is 2.66. The van der Waals surface area contributed by atoms with Crippen molar-refractivity contribution in [3.05, 3.63) is 35.4 Å². The number of rotatable bonds is 4. The number of carbonyl (C=O) groups excluding carboxylic acids is 1. The third kappa shape index (κ3) is 2.62. The van der Waals surface area contributed by atoms with Gasteiger partial charge in [0.1, 0.15) is 11.6 Å². The molecule has 22 heavy (non-hydrogen) atoms. The summed E-state index contributed by atoms with van der Waals surface area (Å²) in [6, 6.07) is 3.42. The Balaban J connectivity index is 1.73. The Morgan fingerprint density at radius 3 is 2.59 bits per heavy atom. The lowest BCUT2D eigenvalue weighted by Crippen LogP contribution is -2.51. The number of hydrogen-bond donors (Lipinski definition) is 2. The van der Waals surface area contributed by atoms with Gasteiger partial charge in [0.2, 0.25) is 5.91 Å². The van der Waals surface area contributed by atoms with Gasteiger partial charge in [-0.2, -0.15) is 0 Å². The first-order valence-corrected chi connectivity index (χ1v) is 7.95. The molecule has 2 aliphatic rings. The van der Waals surface area contributed by atoms with Gasteiger partial charge in [-0.3, -0.25) is 4.79 Å². The van der Waals surface area contributed by atoms with Crippen LogP contribution in [0.4, 0.5) is 8.78 Å². The second-order valence-corrected chi connectivity index (χ2v) is 6.53. The standard InChI is InChI=1S/C17H21F2NO2/c18-12-5-6-13(14(19)9-12)17(7-2-8-17)16(22)20-10-11-3-1-4-15(11)21/h5-6,9,11,15,21H,1-4,7-8,10H2,(H,20,22)/t11-,15+/m0/s1. The van der Waals surface area contributed by atoms with E-state index in [2.05, 4.69) is 5.32 Å². The van der Waals surface area contributed by atoms with Crippen molar-refractivity contribution in [3.8, 4) is 0 Å². The number of amides is 1. The van der Waals surface area contributed by atoms with Gasteiger partial charge in [0.05, 0.1) is 11.5 Å². The fourth-order valence-corrected chi connectivity index (χ4v) is 3.67. The van der Waals surface area contributed by atoms with Crippen LogP contribution in [0.15, 0.2) is 18.2 Å². The van der Waals surface area contributed by atoms with E-state index in [4.69, 9.17) is 0 Å². The summed E-state index contributed by atoms with van der Waals surface area (Å²) in [5.41, 5.74) is -0.592. The number of nitrogens with one attached hydrogen (secondary N) is 1. The molecule has 2 N–H and O–H groups in total. The number of aliphatic hydroxyl groups is 1. The van der Waals surface area contributed by atoms with E-state index < -0.39 is 17.0 Å². The van der Waals surface area contributed by atoms with E-state index >= 15 is 0 Å². The van der Waals surface area contributed by atoms with Crippen molar-refractivity contribution in [3.63, 3.8) is 0 Å². The molecule has 0 heterocycles. The molecule has 0 aliphatic heterocycles. The van der Waals surface area contributed by atoms with E-state index in [0.29, 0.717) is 19.4 Å². The largest absolute Gasteiger partial charge is 0.393 e. The van der Waals surface area contributed by atoms with Gasteiger partial charge in [-0.1, -0.05) is 18.9 Å². The third-order valence-corrected chi connectivity index (χ3v) is 5.23. The molecule has 3 rings (SSSR count). The van der Waals surface area contributed by atoms with Crippen molar-refractivity contribution < 1.29 is 18.7 Å². The Labute approximate surface area is 128 Å². The van der Waals surface area contributed by atoms with Crippen molar-refractivity contribution in [1.82, 2.24) is 5.32 Å². The molecular weight excluding hydrogens is 288 g/mol. The Morgan fingerprint density at radius 1 is 1.27 bits per heavy atom. The molecule has 0 spiro atoms. The number of aliphatic hydroxyl groups excluding tert-OH is 1. The third-order valence-electron chi connectivity index (χ3n) is 5.23. The van der Waals surface area contributed by atoms with Gasteiger partial charge in [0.15, 0.2) is 0 Å². The van der Waals surface area contributed by atoms with Crippen LogP contribution >= 0.6 is 0 Å². The molecule has 120 valence electrons. The summed E-state index contributed by atoms with van der Waals surface area (Å²) < 4.78 is 27.2. The fourth-order valence-electron chi connectivity index (χ4n) is 3.67. The van der Waals surface area contributed by atoms with Gasteiger partial charge >= 0.3 is 0 Å². The van der Waals surface area contributed by atoms with Gasteiger partial charge in [0, 0.05) is 24.1 Å². The van der Waals surface area contributed by atoms with Gasteiger partial charge in [-0.05, 0) is 31.7 Å². The Morgan fingerprint density at radius 2 is 2.05 bits per heavy atom. The monoisotopic (exact) mass is 309 g/mol. The lowest BCUT2D eigenvalue weighted by Gasteiger charge is -2.41. The van der Waals surface area contributed by atoms with E-state index in [-0.39, 0.29) is 23.5 Å². The van der Waals surface area contributed by atoms with Gasteiger partial charge < -0.3 is 10.4 Å². The Hall–Kier alpha value is -1.49. The number of hydrogen-bond acceptors (Lipinski definition) is 2. The zero-order valence-electron chi connectivity index (χ0n) is 12.4. The van der Waals surface area contributed by atoms with E-state index in [0.717, 1.165) is 31.7 Å². The molecule has 2 saturated carbocycles. The minimum Gasteiger partial charge on any atom is -0.393 e. The zero-order chi connectivity index (χ0) is 15.7. The highest BCUT2D eigenvalue weighted by Gasteiger charge is 2.47. The van der Waals surface area contributed by atoms with Crippen molar-refractivity contribution in [2.45, 2.75) is 50.0 Å². The maximum atomic E-state index is 14.1. The minimum absolute atomic E-state index is 0.0825. The number of carbonyl (C=O) groups is 1. The number of benzene rings is 1. The van der Waals surface area contributed by atoms with Gasteiger partial charge in [-0.15, -0.1) is 0 Å². The fraction of sp³-hybridized carbons (Fsp3) is 0.588. The first-order chi connectivity index (χ1) is 10.5. The first-order valence-electron chi connectivity index (χ1n) is 7.95. The normalized spacial score (nSPS) is 26.5. The highest BCUT2D eigenvalue weighted by molar-refractivity contribution is 5.89. The molecule has 3 nitrogen and oxygen atoms in total. The number of halogens is 2. The molecule has 0 bridgehead atoms. The molecule has 0 radical (unpaired) electrons.